The van der Waals surface area contributed by atoms with Gasteiger partial charge in [0.25, 0.3) is 0 Å². The van der Waals surface area contributed by atoms with E-state index >= 15 is 0 Å². The van der Waals surface area contributed by atoms with Crippen molar-refractivity contribution < 1.29 is 0 Å². The van der Waals surface area contributed by atoms with E-state index in [1.165, 1.54) is 89.9 Å². The van der Waals surface area contributed by atoms with Gasteiger partial charge in [0.05, 0.1) is 0 Å². The van der Waals surface area contributed by atoms with Crippen molar-refractivity contribution in [3.63, 3.8) is 0 Å². The number of hydrogen-bond acceptors (Lipinski definition) is 0. The van der Waals surface area contributed by atoms with E-state index in [-0.39, 0.29) is 0 Å². The molecule has 0 aromatic rings. The van der Waals surface area contributed by atoms with Crippen molar-refractivity contribution in [2.45, 2.75) is 125 Å². The molecule has 0 aromatic carbocycles. The Hall–Kier alpha value is 0. The van der Waals surface area contributed by atoms with E-state index in [0.717, 1.165) is 17.8 Å². The second-order valence-corrected chi connectivity index (χ2v) is 8.20. The summed E-state index contributed by atoms with van der Waals surface area (Å²) in [5.41, 5.74) is 0. The van der Waals surface area contributed by atoms with Crippen molar-refractivity contribution in [3.8, 4) is 0 Å². The largest absolute Gasteiger partial charge is 0.0654 e. The molecule has 0 amide bonds. The van der Waals surface area contributed by atoms with Gasteiger partial charge in [0.1, 0.15) is 0 Å². The van der Waals surface area contributed by atoms with Gasteiger partial charge in [0, 0.05) is 0 Å². The molecule has 0 saturated carbocycles. The molecule has 0 heterocycles. The molecule has 134 valence electrons. The SMILES string of the molecule is CCCCCCCCCCC(C)CC(CC)CCCC(C)C. The Morgan fingerprint density at radius 2 is 1.18 bits per heavy atom. The molecule has 2 atom stereocenters. The molecule has 0 saturated heterocycles. The molecule has 2 unspecified atom stereocenters. The minimum Gasteiger partial charge on any atom is -0.0654 e. The van der Waals surface area contributed by atoms with E-state index in [1.54, 1.807) is 0 Å². The van der Waals surface area contributed by atoms with E-state index in [0.29, 0.717) is 0 Å². The van der Waals surface area contributed by atoms with Gasteiger partial charge in [-0.05, 0) is 24.2 Å². The molecule has 0 fully saturated rings. The molecule has 0 aromatic heterocycles. The third-order valence-corrected chi connectivity index (χ3v) is 5.26. The van der Waals surface area contributed by atoms with Crippen LogP contribution in [0.1, 0.15) is 125 Å². The second kappa shape index (κ2) is 15.9. The zero-order chi connectivity index (χ0) is 16.6. The molecule has 0 N–H and O–H groups in total. The van der Waals surface area contributed by atoms with Crippen LogP contribution in [0.4, 0.5) is 0 Å². The van der Waals surface area contributed by atoms with Crippen molar-refractivity contribution in [2.75, 3.05) is 0 Å². The molecule has 22 heavy (non-hydrogen) atoms. The smallest absolute Gasteiger partial charge is 0.0414 e. The van der Waals surface area contributed by atoms with Crippen molar-refractivity contribution in [3.05, 3.63) is 0 Å². The van der Waals surface area contributed by atoms with Crippen LogP contribution in [0.15, 0.2) is 0 Å². The summed E-state index contributed by atoms with van der Waals surface area (Å²) in [5.74, 6) is 2.82. The van der Waals surface area contributed by atoms with Crippen LogP contribution < -0.4 is 0 Å². The fourth-order valence-electron chi connectivity index (χ4n) is 3.62. The van der Waals surface area contributed by atoms with E-state index in [4.69, 9.17) is 0 Å². The molecule has 0 rings (SSSR count). The van der Waals surface area contributed by atoms with Gasteiger partial charge in [-0.1, -0.05) is 118 Å². The predicted octanol–water partition coefficient (Wildman–Crippen LogP) is 8.40. The second-order valence-electron chi connectivity index (χ2n) is 8.20. The van der Waals surface area contributed by atoms with E-state index in [1.807, 2.05) is 0 Å². The Bertz CT molecular complexity index is 206. The summed E-state index contributed by atoms with van der Waals surface area (Å²) in [4.78, 5) is 0. The summed E-state index contributed by atoms with van der Waals surface area (Å²) in [6, 6.07) is 0. The first kappa shape index (κ1) is 22.0. The van der Waals surface area contributed by atoms with E-state index in [9.17, 15) is 0 Å². The van der Waals surface area contributed by atoms with Crippen LogP contribution in [0.5, 0.6) is 0 Å². The zero-order valence-electron chi connectivity index (χ0n) is 16.6. The van der Waals surface area contributed by atoms with Crippen LogP contribution in [0.2, 0.25) is 0 Å². The molecule has 0 heteroatoms. The van der Waals surface area contributed by atoms with Gasteiger partial charge in [0.2, 0.25) is 0 Å². The summed E-state index contributed by atoms with van der Waals surface area (Å²) >= 11 is 0. The van der Waals surface area contributed by atoms with Crippen molar-refractivity contribution in [1.82, 2.24) is 0 Å². The maximum atomic E-state index is 2.49. The molecule has 0 bridgehead atoms. The number of rotatable bonds is 16. The van der Waals surface area contributed by atoms with Crippen molar-refractivity contribution in [1.29, 1.82) is 0 Å². The van der Waals surface area contributed by atoms with Gasteiger partial charge in [0.15, 0.2) is 0 Å². The minimum atomic E-state index is 0.882. The van der Waals surface area contributed by atoms with Crippen LogP contribution in [0.3, 0.4) is 0 Å². The first-order valence-electron chi connectivity index (χ1n) is 10.6. The lowest BCUT2D eigenvalue weighted by Crippen LogP contribution is -2.06. The fourth-order valence-corrected chi connectivity index (χ4v) is 3.62. The van der Waals surface area contributed by atoms with Gasteiger partial charge < -0.3 is 0 Å². The molecule has 0 spiro atoms. The standard InChI is InChI=1S/C22H46/c1-6-8-9-10-11-12-13-14-17-21(5)19-22(7-2)18-15-16-20(3)4/h20-22H,6-19H2,1-5H3. The summed E-state index contributed by atoms with van der Waals surface area (Å²) in [7, 11) is 0. The maximum Gasteiger partial charge on any atom is -0.0414 e. The van der Waals surface area contributed by atoms with Crippen LogP contribution in [-0.4, -0.2) is 0 Å². The molecule has 0 radical (unpaired) electrons. The third-order valence-electron chi connectivity index (χ3n) is 5.26. The minimum absolute atomic E-state index is 0.882. The van der Waals surface area contributed by atoms with Gasteiger partial charge in [-0.15, -0.1) is 0 Å². The molecular weight excluding hydrogens is 264 g/mol. The van der Waals surface area contributed by atoms with E-state index < -0.39 is 0 Å². The molecular formula is C22H46. The van der Waals surface area contributed by atoms with Crippen LogP contribution in [0, 0.1) is 17.8 Å². The Labute approximate surface area is 142 Å². The number of unbranched alkanes of at least 4 members (excludes halogenated alkanes) is 7. The molecule has 0 aliphatic rings. The molecule has 0 aliphatic carbocycles. The summed E-state index contributed by atoms with van der Waals surface area (Å²) in [6.45, 7) is 11.9. The summed E-state index contributed by atoms with van der Waals surface area (Å²) in [6.07, 6.45) is 20.3. The molecule has 0 nitrogen and oxygen atoms in total. The van der Waals surface area contributed by atoms with Crippen LogP contribution in [0.25, 0.3) is 0 Å². The highest BCUT2D eigenvalue weighted by Gasteiger charge is 2.11. The van der Waals surface area contributed by atoms with Crippen molar-refractivity contribution in [2.24, 2.45) is 17.8 Å². The van der Waals surface area contributed by atoms with E-state index in [2.05, 4.69) is 34.6 Å². The van der Waals surface area contributed by atoms with Gasteiger partial charge >= 0.3 is 0 Å². The zero-order valence-corrected chi connectivity index (χ0v) is 16.6. The fraction of sp³-hybridized carbons (Fsp3) is 1.00. The highest BCUT2D eigenvalue weighted by molar-refractivity contribution is 4.64. The average Bonchev–Trinajstić information content (AvgIpc) is 2.48. The lowest BCUT2D eigenvalue weighted by Gasteiger charge is -2.20. The van der Waals surface area contributed by atoms with Crippen LogP contribution >= 0.6 is 0 Å². The molecule has 0 aliphatic heterocycles. The highest BCUT2D eigenvalue weighted by atomic mass is 14.2. The van der Waals surface area contributed by atoms with Gasteiger partial charge in [-0.25, -0.2) is 0 Å². The average molecular weight is 311 g/mol. The predicted molar refractivity (Wildman–Crippen MR) is 103 cm³/mol. The third kappa shape index (κ3) is 14.9. The number of hydrogen-bond donors (Lipinski definition) is 0. The summed E-state index contributed by atoms with van der Waals surface area (Å²) in [5, 5.41) is 0. The monoisotopic (exact) mass is 310 g/mol. The van der Waals surface area contributed by atoms with Gasteiger partial charge in [-0.3, -0.25) is 0 Å². The van der Waals surface area contributed by atoms with Crippen LogP contribution in [-0.2, 0) is 0 Å². The highest BCUT2D eigenvalue weighted by Crippen LogP contribution is 2.25. The Kier molecular flexibility index (Phi) is 15.9. The maximum absolute atomic E-state index is 2.49. The first-order valence-corrected chi connectivity index (χ1v) is 10.6. The Morgan fingerprint density at radius 3 is 1.73 bits per heavy atom. The quantitative estimate of drug-likeness (QED) is 0.251. The normalized spacial score (nSPS) is 14.5. The van der Waals surface area contributed by atoms with Crippen molar-refractivity contribution >= 4 is 0 Å². The van der Waals surface area contributed by atoms with Gasteiger partial charge in [-0.2, -0.15) is 0 Å². The lowest BCUT2D eigenvalue weighted by atomic mass is 9.86. The topological polar surface area (TPSA) is 0 Å². The lowest BCUT2D eigenvalue weighted by molar-refractivity contribution is 0.325. The summed E-state index contributed by atoms with van der Waals surface area (Å²) < 4.78 is 0. The Morgan fingerprint density at radius 1 is 0.591 bits per heavy atom. The first-order chi connectivity index (χ1) is 10.6. The Balaban J connectivity index is 3.50.